The van der Waals surface area contributed by atoms with Crippen molar-refractivity contribution in [1.29, 1.82) is 0 Å². The van der Waals surface area contributed by atoms with Gasteiger partial charge in [0.05, 0.1) is 6.10 Å². The van der Waals surface area contributed by atoms with Gasteiger partial charge in [0, 0.05) is 19.0 Å². The minimum absolute atomic E-state index is 0.0142. The summed E-state index contributed by atoms with van der Waals surface area (Å²) >= 11 is 5.49. The van der Waals surface area contributed by atoms with Crippen molar-refractivity contribution in [3.63, 3.8) is 0 Å². The van der Waals surface area contributed by atoms with Crippen molar-refractivity contribution in [3.8, 4) is 0 Å². The van der Waals surface area contributed by atoms with Gasteiger partial charge in [-0.15, -0.1) is 11.6 Å². The summed E-state index contributed by atoms with van der Waals surface area (Å²) in [5.74, 6) is 0.273. The van der Waals surface area contributed by atoms with E-state index in [0.29, 0.717) is 19.5 Å². The summed E-state index contributed by atoms with van der Waals surface area (Å²) in [5, 5.41) is 9.70. The molecule has 14 heavy (non-hydrogen) atoms. The topological polar surface area (TPSA) is 40.5 Å². The Balaban J connectivity index is 2.48. The van der Waals surface area contributed by atoms with Crippen LogP contribution in [0.3, 0.4) is 0 Å². The smallest absolute Gasteiger partial charge is 0.237 e. The van der Waals surface area contributed by atoms with Crippen LogP contribution >= 0.6 is 11.6 Å². The van der Waals surface area contributed by atoms with E-state index in [0.717, 1.165) is 12.8 Å². The Morgan fingerprint density at radius 2 is 2.36 bits per heavy atom. The fraction of sp³-hybridized carbons (Fsp3) is 0.900. The Labute approximate surface area is 90.0 Å². The van der Waals surface area contributed by atoms with E-state index in [-0.39, 0.29) is 23.8 Å². The average Bonchev–Trinajstić information content (AvgIpc) is 2.20. The van der Waals surface area contributed by atoms with Crippen LogP contribution in [0.5, 0.6) is 0 Å². The first-order valence-corrected chi connectivity index (χ1v) is 5.74. The average molecular weight is 220 g/mol. The molecule has 1 saturated heterocycles. The van der Waals surface area contributed by atoms with Crippen LogP contribution in [0.2, 0.25) is 0 Å². The molecule has 0 aromatic heterocycles. The van der Waals surface area contributed by atoms with Gasteiger partial charge < -0.3 is 10.0 Å². The Bertz CT molecular complexity index is 199. The molecule has 2 unspecified atom stereocenters. The third-order valence-electron chi connectivity index (χ3n) is 2.82. The minimum atomic E-state index is -0.241. The van der Waals surface area contributed by atoms with E-state index in [1.54, 1.807) is 4.90 Å². The number of carbonyl (C=O) groups is 1. The summed E-state index contributed by atoms with van der Waals surface area (Å²) < 4.78 is 0. The monoisotopic (exact) mass is 219 g/mol. The van der Waals surface area contributed by atoms with Gasteiger partial charge in [0.2, 0.25) is 5.91 Å². The highest BCUT2D eigenvalue weighted by molar-refractivity contribution is 6.27. The predicted molar refractivity (Wildman–Crippen MR) is 56.3 cm³/mol. The highest BCUT2D eigenvalue weighted by atomic mass is 35.5. The first-order valence-electron chi connectivity index (χ1n) is 5.20. The zero-order valence-corrected chi connectivity index (χ0v) is 9.33. The molecular formula is C10H18ClNO2. The molecule has 1 aliphatic rings. The molecule has 1 heterocycles. The number of nitrogens with zero attached hydrogens (tertiary/aromatic N) is 1. The van der Waals surface area contributed by atoms with Gasteiger partial charge in [0.15, 0.2) is 0 Å². The van der Waals surface area contributed by atoms with Crippen molar-refractivity contribution in [1.82, 2.24) is 4.90 Å². The number of rotatable bonds is 3. The molecule has 1 amide bonds. The highest BCUT2D eigenvalue weighted by Gasteiger charge is 2.28. The third-order valence-corrected chi connectivity index (χ3v) is 3.05. The van der Waals surface area contributed by atoms with Crippen LogP contribution in [-0.4, -0.2) is 41.0 Å². The Kier molecular flexibility index (Phi) is 4.69. The zero-order valence-electron chi connectivity index (χ0n) is 8.58. The van der Waals surface area contributed by atoms with Crippen LogP contribution in [-0.2, 0) is 4.79 Å². The molecule has 0 bridgehead atoms. The maximum absolute atomic E-state index is 11.3. The SMILES string of the molecule is CCCC1CN(C(=O)CCl)CCC1O. The van der Waals surface area contributed by atoms with Crippen LogP contribution in [0.15, 0.2) is 0 Å². The van der Waals surface area contributed by atoms with Crippen LogP contribution < -0.4 is 0 Å². The fourth-order valence-corrected chi connectivity index (χ4v) is 2.15. The normalized spacial score (nSPS) is 27.8. The first-order chi connectivity index (χ1) is 6.69. The van der Waals surface area contributed by atoms with Crippen LogP contribution in [0.1, 0.15) is 26.2 Å². The maximum atomic E-state index is 11.3. The lowest BCUT2D eigenvalue weighted by Crippen LogP contribution is -2.46. The molecule has 0 aromatic rings. The van der Waals surface area contributed by atoms with E-state index in [1.165, 1.54) is 0 Å². The van der Waals surface area contributed by atoms with E-state index < -0.39 is 0 Å². The number of amides is 1. The molecule has 0 saturated carbocycles. The highest BCUT2D eigenvalue weighted by Crippen LogP contribution is 2.21. The molecule has 1 rings (SSSR count). The summed E-state index contributed by atoms with van der Waals surface area (Å²) in [4.78, 5) is 13.1. The van der Waals surface area contributed by atoms with Crippen molar-refractivity contribution in [3.05, 3.63) is 0 Å². The van der Waals surface area contributed by atoms with Crippen molar-refractivity contribution in [2.45, 2.75) is 32.3 Å². The Hall–Kier alpha value is -0.280. The second-order valence-electron chi connectivity index (χ2n) is 3.88. The quantitative estimate of drug-likeness (QED) is 0.726. The molecule has 0 spiro atoms. The molecular weight excluding hydrogens is 202 g/mol. The van der Waals surface area contributed by atoms with E-state index in [2.05, 4.69) is 6.92 Å². The number of hydrogen-bond donors (Lipinski definition) is 1. The standard InChI is InChI=1S/C10H18ClNO2/c1-2-3-8-7-12(10(14)6-11)5-4-9(8)13/h8-9,13H,2-7H2,1H3. The number of likely N-dealkylation sites (tertiary alicyclic amines) is 1. The van der Waals surface area contributed by atoms with E-state index in [4.69, 9.17) is 11.6 Å². The largest absolute Gasteiger partial charge is 0.393 e. The van der Waals surface area contributed by atoms with E-state index in [9.17, 15) is 9.90 Å². The summed E-state index contributed by atoms with van der Waals surface area (Å²) in [5.41, 5.74) is 0. The van der Waals surface area contributed by atoms with Gasteiger partial charge in [-0.1, -0.05) is 13.3 Å². The molecule has 3 nitrogen and oxygen atoms in total. The Morgan fingerprint density at radius 1 is 1.64 bits per heavy atom. The lowest BCUT2D eigenvalue weighted by molar-refractivity contribution is -0.132. The van der Waals surface area contributed by atoms with E-state index in [1.807, 2.05) is 0 Å². The lowest BCUT2D eigenvalue weighted by atomic mass is 9.91. The van der Waals surface area contributed by atoms with Gasteiger partial charge in [-0.2, -0.15) is 0 Å². The molecule has 0 radical (unpaired) electrons. The Morgan fingerprint density at radius 3 is 2.93 bits per heavy atom. The number of aliphatic hydroxyl groups is 1. The van der Waals surface area contributed by atoms with Gasteiger partial charge in [0.1, 0.15) is 5.88 Å². The summed E-state index contributed by atoms with van der Waals surface area (Å²) in [7, 11) is 0. The molecule has 0 aromatic carbocycles. The minimum Gasteiger partial charge on any atom is -0.393 e. The maximum Gasteiger partial charge on any atom is 0.237 e. The molecule has 4 heteroatoms. The number of hydrogen-bond acceptors (Lipinski definition) is 2. The van der Waals surface area contributed by atoms with Gasteiger partial charge in [-0.05, 0) is 12.8 Å². The number of alkyl halides is 1. The van der Waals surface area contributed by atoms with Crippen molar-refractivity contribution >= 4 is 17.5 Å². The summed E-state index contributed by atoms with van der Waals surface area (Å²) in [6, 6.07) is 0. The van der Waals surface area contributed by atoms with Crippen molar-refractivity contribution < 1.29 is 9.90 Å². The third kappa shape index (κ3) is 2.85. The number of piperidine rings is 1. The second kappa shape index (κ2) is 5.56. The molecule has 82 valence electrons. The van der Waals surface area contributed by atoms with Crippen LogP contribution in [0.4, 0.5) is 0 Å². The molecule has 1 N–H and O–H groups in total. The lowest BCUT2D eigenvalue weighted by Gasteiger charge is -2.35. The molecule has 1 aliphatic heterocycles. The van der Waals surface area contributed by atoms with Gasteiger partial charge in [0.25, 0.3) is 0 Å². The number of halogens is 1. The van der Waals surface area contributed by atoms with E-state index >= 15 is 0 Å². The first kappa shape index (κ1) is 11.8. The van der Waals surface area contributed by atoms with Crippen molar-refractivity contribution in [2.24, 2.45) is 5.92 Å². The second-order valence-corrected chi connectivity index (χ2v) is 4.15. The van der Waals surface area contributed by atoms with Gasteiger partial charge >= 0.3 is 0 Å². The van der Waals surface area contributed by atoms with Gasteiger partial charge in [-0.3, -0.25) is 4.79 Å². The van der Waals surface area contributed by atoms with Crippen LogP contribution in [0.25, 0.3) is 0 Å². The summed E-state index contributed by atoms with van der Waals surface area (Å²) in [6.45, 7) is 3.41. The zero-order chi connectivity index (χ0) is 10.6. The number of aliphatic hydroxyl groups excluding tert-OH is 1. The molecule has 1 fully saturated rings. The van der Waals surface area contributed by atoms with Crippen LogP contribution in [0, 0.1) is 5.92 Å². The van der Waals surface area contributed by atoms with Crippen molar-refractivity contribution in [2.75, 3.05) is 19.0 Å². The molecule has 2 atom stereocenters. The predicted octanol–water partition coefficient (Wildman–Crippen LogP) is 1.23. The van der Waals surface area contributed by atoms with Gasteiger partial charge in [-0.25, -0.2) is 0 Å². The molecule has 0 aliphatic carbocycles. The number of carbonyl (C=O) groups excluding carboxylic acids is 1. The fourth-order valence-electron chi connectivity index (χ4n) is 1.99. The summed E-state index contributed by atoms with van der Waals surface area (Å²) in [6.07, 6.45) is 2.47.